The van der Waals surface area contributed by atoms with Gasteiger partial charge in [-0.1, -0.05) is 19.3 Å². The van der Waals surface area contributed by atoms with E-state index in [0.29, 0.717) is 11.2 Å². The number of carbonyl (C=O) groups excluding carboxylic acids is 2. The zero-order valence-electron chi connectivity index (χ0n) is 16.7. The molecule has 1 heterocycles. The maximum atomic E-state index is 14.8. The van der Waals surface area contributed by atoms with E-state index in [-0.39, 0.29) is 36.1 Å². The Labute approximate surface area is 168 Å². The number of anilines is 1. The highest BCUT2D eigenvalue weighted by molar-refractivity contribution is 5.95. The third kappa shape index (κ3) is 4.58. The molecule has 8 heteroatoms. The topological polar surface area (TPSA) is 89.4 Å². The van der Waals surface area contributed by atoms with Gasteiger partial charge in [-0.05, 0) is 31.9 Å². The predicted octanol–water partition coefficient (Wildman–Crippen LogP) is 2.81. The van der Waals surface area contributed by atoms with Crippen LogP contribution >= 0.6 is 0 Å². The van der Waals surface area contributed by atoms with Gasteiger partial charge in [-0.2, -0.15) is 0 Å². The van der Waals surface area contributed by atoms with Crippen LogP contribution in [0.3, 0.4) is 0 Å². The number of halogens is 1. The van der Waals surface area contributed by atoms with Crippen LogP contribution in [-0.4, -0.2) is 36.1 Å². The zero-order valence-corrected chi connectivity index (χ0v) is 16.7. The SMILES string of the molecule is CCOC(=O)c1cn(CC(=O)NC)c2cc(NC3CCCCC3)c(F)cc2c1=O. The summed E-state index contributed by atoms with van der Waals surface area (Å²) in [4.78, 5) is 37.0. The highest BCUT2D eigenvalue weighted by Crippen LogP contribution is 2.26. The molecule has 1 aromatic carbocycles. The summed E-state index contributed by atoms with van der Waals surface area (Å²) in [5.41, 5.74) is -0.171. The van der Waals surface area contributed by atoms with Gasteiger partial charge < -0.3 is 19.9 Å². The Bertz CT molecular complexity index is 980. The van der Waals surface area contributed by atoms with Gasteiger partial charge in [0.15, 0.2) is 0 Å². The van der Waals surface area contributed by atoms with Crippen molar-refractivity contribution in [2.75, 3.05) is 19.0 Å². The van der Waals surface area contributed by atoms with E-state index < -0.39 is 17.2 Å². The molecule has 1 aromatic heterocycles. The largest absolute Gasteiger partial charge is 0.462 e. The fourth-order valence-electron chi connectivity index (χ4n) is 3.71. The molecule has 0 radical (unpaired) electrons. The molecule has 0 atom stereocenters. The number of likely N-dealkylation sites (N-methyl/N-ethyl adjacent to an activating group) is 1. The molecule has 1 aliphatic carbocycles. The lowest BCUT2D eigenvalue weighted by atomic mass is 9.95. The van der Waals surface area contributed by atoms with Crippen molar-refractivity contribution in [2.45, 2.75) is 51.6 Å². The average Bonchev–Trinajstić information content (AvgIpc) is 2.72. The second-order valence-electron chi connectivity index (χ2n) is 7.22. The van der Waals surface area contributed by atoms with E-state index >= 15 is 0 Å². The Hall–Kier alpha value is -2.90. The maximum Gasteiger partial charge on any atom is 0.343 e. The molecular weight excluding hydrogens is 377 g/mol. The minimum atomic E-state index is -0.796. The number of benzene rings is 1. The van der Waals surface area contributed by atoms with Crippen LogP contribution in [0.5, 0.6) is 0 Å². The molecule has 3 rings (SSSR count). The summed E-state index contributed by atoms with van der Waals surface area (Å²) < 4.78 is 21.2. The van der Waals surface area contributed by atoms with Crippen LogP contribution in [0.2, 0.25) is 0 Å². The summed E-state index contributed by atoms with van der Waals surface area (Å²) >= 11 is 0. The Morgan fingerprint density at radius 1 is 1.24 bits per heavy atom. The van der Waals surface area contributed by atoms with Crippen LogP contribution in [0.4, 0.5) is 10.1 Å². The molecule has 1 saturated carbocycles. The summed E-state index contributed by atoms with van der Waals surface area (Å²) in [5, 5.41) is 5.78. The standard InChI is InChI=1S/C21H26FN3O4/c1-3-29-21(28)15-11-25(12-19(26)23-2)18-10-17(16(22)9-14(18)20(15)27)24-13-7-5-4-6-8-13/h9-11,13,24H,3-8,12H2,1-2H3,(H,23,26). The van der Waals surface area contributed by atoms with Gasteiger partial charge >= 0.3 is 5.97 Å². The van der Waals surface area contributed by atoms with Gasteiger partial charge in [0.1, 0.15) is 17.9 Å². The molecule has 29 heavy (non-hydrogen) atoms. The van der Waals surface area contributed by atoms with Crippen molar-refractivity contribution in [1.29, 1.82) is 0 Å². The summed E-state index contributed by atoms with van der Waals surface area (Å²) in [5.74, 6) is -1.67. The number of rotatable bonds is 6. The van der Waals surface area contributed by atoms with Crippen LogP contribution in [-0.2, 0) is 16.1 Å². The fourth-order valence-corrected chi connectivity index (χ4v) is 3.71. The molecule has 0 bridgehead atoms. The summed E-state index contributed by atoms with van der Waals surface area (Å²) in [6.07, 6.45) is 6.60. The number of aromatic nitrogens is 1. The lowest BCUT2D eigenvalue weighted by Gasteiger charge is -2.24. The molecule has 0 spiro atoms. The third-order valence-electron chi connectivity index (χ3n) is 5.22. The molecule has 2 N–H and O–H groups in total. The van der Waals surface area contributed by atoms with Crippen LogP contribution < -0.4 is 16.1 Å². The smallest absolute Gasteiger partial charge is 0.343 e. The zero-order chi connectivity index (χ0) is 21.0. The monoisotopic (exact) mass is 403 g/mol. The van der Waals surface area contributed by atoms with Crippen molar-refractivity contribution in [2.24, 2.45) is 0 Å². The van der Waals surface area contributed by atoms with Crippen LogP contribution in [0, 0.1) is 5.82 Å². The Balaban J connectivity index is 2.12. The summed E-state index contributed by atoms with van der Waals surface area (Å²) in [6.45, 7) is 1.61. The van der Waals surface area contributed by atoms with Gasteiger partial charge in [-0.3, -0.25) is 9.59 Å². The van der Waals surface area contributed by atoms with E-state index in [1.807, 2.05) is 0 Å². The Kier molecular flexibility index (Phi) is 6.51. The first-order valence-electron chi connectivity index (χ1n) is 9.95. The number of nitrogens with zero attached hydrogens (tertiary/aromatic N) is 1. The average molecular weight is 403 g/mol. The molecule has 0 saturated heterocycles. The highest BCUT2D eigenvalue weighted by Gasteiger charge is 2.21. The van der Waals surface area contributed by atoms with E-state index in [9.17, 15) is 18.8 Å². The number of amides is 1. The predicted molar refractivity (Wildman–Crippen MR) is 109 cm³/mol. The normalized spacial score (nSPS) is 14.6. The van der Waals surface area contributed by atoms with Gasteiger partial charge in [0.05, 0.1) is 17.8 Å². The molecule has 0 aliphatic heterocycles. The summed E-state index contributed by atoms with van der Waals surface area (Å²) in [6, 6.07) is 2.85. The number of fused-ring (bicyclic) bond motifs is 1. The minimum Gasteiger partial charge on any atom is -0.462 e. The van der Waals surface area contributed by atoms with E-state index in [1.165, 1.54) is 24.2 Å². The number of ether oxygens (including phenoxy) is 1. The number of nitrogens with one attached hydrogen (secondary N) is 2. The Morgan fingerprint density at radius 3 is 2.62 bits per heavy atom. The Morgan fingerprint density at radius 2 is 1.97 bits per heavy atom. The lowest BCUT2D eigenvalue weighted by molar-refractivity contribution is -0.121. The number of carbonyl (C=O) groups is 2. The van der Waals surface area contributed by atoms with Crippen molar-refractivity contribution < 1.29 is 18.7 Å². The number of pyridine rings is 1. The van der Waals surface area contributed by atoms with Crippen LogP contribution in [0.15, 0.2) is 23.1 Å². The van der Waals surface area contributed by atoms with Gasteiger partial charge in [0.25, 0.3) is 0 Å². The quantitative estimate of drug-likeness (QED) is 0.724. The van der Waals surface area contributed by atoms with E-state index in [4.69, 9.17) is 4.74 Å². The van der Waals surface area contributed by atoms with E-state index in [0.717, 1.165) is 31.7 Å². The maximum absolute atomic E-state index is 14.8. The lowest BCUT2D eigenvalue weighted by Crippen LogP contribution is -2.27. The summed E-state index contributed by atoms with van der Waals surface area (Å²) in [7, 11) is 1.50. The number of hydrogen-bond acceptors (Lipinski definition) is 5. The van der Waals surface area contributed by atoms with Gasteiger partial charge in [-0.25, -0.2) is 9.18 Å². The minimum absolute atomic E-state index is 0.0335. The van der Waals surface area contributed by atoms with Crippen molar-refractivity contribution >= 4 is 28.5 Å². The van der Waals surface area contributed by atoms with Gasteiger partial charge in [0, 0.05) is 24.7 Å². The molecule has 0 unspecified atom stereocenters. The first-order valence-corrected chi connectivity index (χ1v) is 9.95. The number of hydrogen-bond donors (Lipinski definition) is 2. The van der Waals surface area contributed by atoms with E-state index in [1.54, 1.807) is 13.0 Å². The first kappa shape index (κ1) is 20.8. The molecular formula is C21H26FN3O4. The fraction of sp³-hybridized carbons (Fsp3) is 0.476. The van der Waals surface area contributed by atoms with Crippen LogP contribution in [0.1, 0.15) is 49.4 Å². The second kappa shape index (κ2) is 9.07. The molecule has 1 fully saturated rings. The first-order chi connectivity index (χ1) is 13.9. The van der Waals surface area contributed by atoms with E-state index in [2.05, 4.69) is 10.6 Å². The van der Waals surface area contributed by atoms with Crippen molar-refractivity contribution in [3.8, 4) is 0 Å². The third-order valence-corrected chi connectivity index (χ3v) is 5.22. The highest BCUT2D eigenvalue weighted by atomic mass is 19.1. The molecule has 1 amide bonds. The van der Waals surface area contributed by atoms with Gasteiger partial charge in [-0.15, -0.1) is 0 Å². The molecule has 2 aromatic rings. The van der Waals surface area contributed by atoms with Crippen LogP contribution in [0.25, 0.3) is 10.9 Å². The molecule has 1 aliphatic rings. The molecule has 7 nitrogen and oxygen atoms in total. The number of esters is 1. The second-order valence-corrected chi connectivity index (χ2v) is 7.22. The molecule has 156 valence electrons. The van der Waals surface area contributed by atoms with Crippen molar-refractivity contribution in [1.82, 2.24) is 9.88 Å². The van der Waals surface area contributed by atoms with Crippen molar-refractivity contribution in [3.05, 3.63) is 39.9 Å². The van der Waals surface area contributed by atoms with Gasteiger partial charge in [0.2, 0.25) is 11.3 Å². The van der Waals surface area contributed by atoms with Crippen molar-refractivity contribution in [3.63, 3.8) is 0 Å².